The molecule has 1 heterocycles. The van der Waals surface area contributed by atoms with Crippen molar-refractivity contribution < 1.29 is 18.7 Å². The minimum Gasteiger partial charge on any atom is -0.456 e. The number of carbonyl (C=O) groups excluding carboxylic acids is 2. The van der Waals surface area contributed by atoms with Crippen molar-refractivity contribution in [1.29, 1.82) is 0 Å². The van der Waals surface area contributed by atoms with Crippen LogP contribution < -0.4 is 10.2 Å². The summed E-state index contributed by atoms with van der Waals surface area (Å²) in [6, 6.07) is 19.6. The Labute approximate surface area is 188 Å². The maximum atomic E-state index is 13.1. The Morgan fingerprint density at radius 2 is 1.65 bits per heavy atom. The normalized spacial score (nSPS) is 12.0. The van der Waals surface area contributed by atoms with Crippen molar-refractivity contribution in [1.82, 2.24) is 0 Å². The monoisotopic (exact) mass is 456 g/mol. The van der Waals surface area contributed by atoms with Crippen LogP contribution in [-0.4, -0.2) is 25.0 Å². The molecule has 1 aliphatic rings. The number of benzene rings is 3. The second-order valence-electron chi connectivity index (χ2n) is 6.77. The van der Waals surface area contributed by atoms with Crippen LogP contribution >= 0.6 is 23.4 Å². The third kappa shape index (κ3) is 5.00. The SMILES string of the molecule is O=C(COC(=O)CCN1c2ccccc2Sc2ccccc21)Nc1ccc(F)cc1Cl. The molecule has 0 aromatic heterocycles. The van der Waals surface area contributed by atoms with Crippen molar-refractivity contribution in [2.45, 2.75) is 16.2 Å². The average Bonchev–Trinajstić information content (AvgIpc) is 2.77. The van der Waals surface area contributed by atoms with E-state index in [-0.39, 0.29) is 17.1 Å². The molecule has 3 aromatic carbocycles. The van der Waals surface area contributed by atoms with Gasteiger partial charge in [-0.05, 0) is 42.5 Å². The molecule has 1 aliphatic heterocycles. The van der Waals surface area contributed by atoms with Gasteiger partial charge in [0.1, 0.15) is 5.82 Å². The van der Waals surface area contributed by atoms with Gasteiger partial charge in [0.15, 0.2) is 6.61 Å². The zero-order chi connectivity index (χ0) is 21.8. The van der Waals surface area contributed by atoms with Crippen LogP contribution in [0.3, 0.4) is 0 Å². The summed E-state index contributed by atoms with van der Waals surface area (Å²) < 4.78 is 18.2. The maximum Gasteiger partial charge on any atom is 0.308 e. The molecule has 3 aromatic rings. The first kappa shape index (κ1) is 21.2. The van der Waals surface area contributed by atoms with Gasteiger partial charge in [-0.15, -0.1) is 0 Å². The number of fused-ring (bicyclic) bond motifs is 2. The standard InChI is InChI=1S/C23H18ClFN2O3S/c24-16-13-15(25)9-10-17(16)26-22(28)14-30-23(29)11-12-27-18-5-1-3-7-20(18)31-21-8-4-2-6-19(21)27/h1-10,13H,11-12,14H2,(H,26,28). The molecule has 0 saturated heterocycles. The first-order chi connectivity index (χ1) is 15.0. The van der Waals surface area contributed by atoms with Gasteiger partial charge in [-0.2, -0.15) is 0 Å². The Balaban J connectivity index is 1.34. The highest BCUT2D eigenvalue weighted by molar-refractivity contribution is 7.99. The molecule has 0 atom stereocenters. The highest BCUT2D eigenvalue weighted by atomic mass is 35.5. The Morgan fingerprint density at radius 1 is 1.00 bits per heavy atom. The summed E-state index contributed by atoms with van der Waals surface area (Å²) in [5, 5.41) is 2.57. The predicted octanol–water partition coefficient (Wildman–Crippen LogP) is 5.65. The summed E-state index contributed by atoms with van der Waals surface area (Å²) in [6.07, 6.45) is 0.109. The lowest BCUT2D eigenvalue weighted by atomic mass is 10.2. The van der Waals surface area contributed by atoms with E-state index in [1.54, 1.807) is 11.8 Å². The fourth-order valence-corrected chi connectivity index (χ4v) is 4.53. The van der Waals surface area contributed by atoms with Crippen LogP contribution in [0, 0.1) is 5.82 Å². The Hall–Kier alpha value is -3.03. The van der Waals surface area contributed by atoms with Gasteiger partial charge in [0.05, 0.1) is 28.5 Å². The summed E-state index contributed by atoms with van der Waals surface area (Å²) in [4.78, 5) is 28.6. The Kier molecular flexibility index (Phi) is 6.44. The van der Waals surface area contributed by atoms with E-state index in [9.17, 15) is 14.0 Å². The molecule has 8 heteroatoms. The lowest BCUT2D eigenvalue weighted by Crippen LogP contribution is -2.26. The van der Waals surface area contributed by atoms with Crippen LogP contribution in [-0.2, 0) is 14.3 Å². The van der Waals surface area contributed by atoms with E-state index in [4.69, 9.17) is 16.3 Å². The Bertz CT molecular complexity index is 1100. The van der Waals surface area contributed by atoms with Crippen LogP contribution in [0.25, 0.3) is 0 Å². The molecular formula is C23H18ClFN2O3S. The first-order valence-electron chi connectivity index (χ1n) is 9.55. The van der Waals surface area contributed by atoms with E-state index in [1.807, 2.05) is 48.5 Å². The summed E-state index contributed by atoms with van der Waals surface area (Å²) >= 11 is 7.58. The predicted molar refractivity (Wildman–Crippen MR) is 120 cm³/mol. The van der Waals surface area contributed by atoms with Crippen molar-refractivity contribution in [3.05, 3.63) is 77.6 Å². The molecule has 1 N–H and O–H groups in total. The topological polar surface area (TPSA) is 58.6 Å². The number of amides is 1. The zero-order valence-corrected chi connectivity index (χ0v) is 17.9. The number of para-hydroxylation sites is 2. The van der Waals surface area contributed by atoms with Crippen molar-refractivity contribution in [3.63, 3.8) is 0 Å². The number of anilines is 3. The van der Waals surface area contributed by atoms with Crippen LogP contribution in [0.1, 0.15) is 6.42 Å². The number of nitrogens with one attached hydrogen (secondary N) is 1. The van der Waals surface area contributed by atoms with Crippen LogP contribution in [0.2, 0.25) is 5.02 Å². The number of esters is 1. The van der Waals surface area contributed by atoms with E-state index < -0.39 is 24.3 Å². The highest BCUT2D eigenvalue weighted by Crippen LogP contribution is 2.47. The first-order valence-corrected chi connectivity index (χ1v) is 10.7. The lowest BCUT2D eigenvalue weighted by Gasteiger charge is -2.32. The number of nitrogens with zero attached hydrogens (tertiary/aromatic N) is 1. The second kappa shape index (κ2) is 9.41. The third-order valence-corrected chi connectivity index (χ3v) is 6.08. The van der Waals surface area contributed by atoms with Gasteiger partial charge in [0.25, 0.3) is 5.91 Å². The maximum absolute atomic E-state index is 13.1. The minimum atomic E-state index is -0.549. The third-order valence-electron chi connectivity index (χ3n) is 4.64. The van der Waals surface area contributed by atoms with Crippen molar-refractivity contribution >= 4 is 52.3 Å². The van der Waals surface area contributed by atoms with Gasteiger partial charge in [-0.25, -0.2) is 4.39 Å². The number of rotatable bonds is 6. The van der Waals surface area contributed by atoms with Crippen molar-refractivity contribution in [2.24, 2.45) is 0 Å². The van der Waals surface area contributed by atoms with Gasteiger partial charge in [0.2, 0.25) is 0 Å². The van der Waals surface area contributed by atoms with Gasteiger partial charge >= 0.3 is 5.97 Å². The molecule has 0 aliphatic carbocycles. The molecule has 0 bridgehead atoms. The average molecular weight is 457 g/mol. The van der Waals surface area contributed by atoms with Gasteiger partial charge in [-0.1, -0.05) is 47.6 Å². The molecule has 31 heavy (non-hydrogen) atoms. The van der Waals surface area contributed by atoms with Gasteiger partial charge in [-0.3, -0.25) is 9.59 Å². The lowest BCUT2D eigenvalue weighted by molar-refractivity contribution is -0.147. The largest absolute Gasteiger partial charge is 0.456 e. The van der Waals surface area contributed by atoms with Crippen molar-refractivity contribution in [2.75, 3.05) is 23.4 Å². The zero-order valence-electron chi connectivity index (χ0n) is 16.3. The minimum absolute atomic E-state index is 0.0694. The van der Waals surface area contributed by atoms with Crippen molar-refractivity contribution in [3.8, 4) is 0 Å². The molecule has 1 amide bonds. The molecule has 5 nitrogen and oxygen atoms in total. The fraction of sp³-hybridized carbons (Fsp3) is 0.130. The number of hydrogen-bond acceptors (Lipinski definition) is 5. The van der Waals surface area contributed by atoms with Gasteiger partial charge in [0, 0.05) is 16.3 Å². The number of hydrogen-bond donors (Lipinski definition) is 1. The summed E-state index contributed by atoms with van der Waals surface area (Å²) in [6.45, 7) is -0.0333. The van der Waals surface area contributed by atoms with Gasteiger partial charge < -0.3 is 15.0 Å². The van der Waals surface area contributed by atoms with E-state index >= 15 is 0 Å². The highest BCUT2D eigenvalue weighted by Gasteiger charge is 2.23. The summed E-state index contributed by atoms with van der Waals surface area (Å²) in [7, 11) is 0. The fourth-order valence-electron chi connectivity index (χ4n) is 3.22. The van der Waals surface area contributed by atoms with Crippen LogP contribution in [0.15, 0.2) is 76.5 Å². The molecule has 0 unspecified atom stereocenters. The quantitative estimate of drug-likeness (QED) is 0.485. The van der Waals surface area contributed by atoms with E-state index in [0.29, 0.717) is 6.54 Å². The molecule has 0 radical (unpaired) electrons. The van der Waals surface area contributed by atoms with Crippen LogP contribution in [0.5, 0.6) is 0 Å². The molecule has 0 spiro atoms. The number of halogens is 2. The molecule has 4 rings (SSSR count). The molecular weight excluding hydrogens is 439 g/mol. The smallest absolute Gasteiger partial charge is 0.308 e. The van der Waals surface area contributed by atoms with E-state index in [0.717, 1.165) is 27.2 Å². The molecule has 0 fully saturated rings. The summed E-state index contributed by atoms with van der Waals surface area (Å²) in [5.41, 5.74) is 2.31. The summed E-state index contributed by atoms with van der Waals surface area (Å²) in [5.74, 6) is -1.55. The van der Waals surface area contributed by atoms with E-state index in [1.165, 1.54) is 12.1 Å². The van der Waals surface area contributed by atoms with E-state index in [2.05, 4.69) is 10.2 Å². The number of ether oxygens (including phenoxy) is 1. The number of carbonyl (C=O) groups is 2. The Morgan fingerprint density at radius 3 is 2.29 bits per heavy atom. The second-order valence-corrected chi connectivity index (χ2v) is 8.26. The molecule has 0 saturated carbocycles. The van der Waals surface area contributed by atoms with Crippen LogP contribution in [0.4, 0.5) is 21.5 Å². The molecule has 158 valence electrons.